The number of benzene rings is 8. The minimum atomic E-state index is 0.899. The number of fused-ring (bicyclic) bond motifs is 9. The molecule has 0 bridgehead atoms. The van der Waals surface area contributed by atoms with Gasteiger partial charge in [-0.1, -0.05) is 115 Å². The number of rotatable bonds is 6. The highest BCUT2D eigenvalue weighted by molar-refractivity contribution is 7.25. The molecule has 0 amide bonds. The summed E-state index contributed by atoms with van der Waals surface area (Å²) >= 11 is 1.86. The standard InChI is InChI=1S/C55H37N3S/c1-4-16-38(17-5-1)56(42-31-33-54-48(36-42)45-23-11-13-29-53(45)59-54)40-20-14-21-41(35-40)58-49-26-9-3-8-22-44(49)47-34-37(30-32-51(47)58)43-25-15-28-52-55(43)46-24-10-12-27-50(46)57(52)39-18-6-2-7-19-39/h1-2,4-36H,3H2. The first-order valence-electron chi connectivity index (χ1n) is 20.2. The summed E-state index contributed by atoms with van der Waals surface area (Å²) in [4.78, 5) is 2.39. The van der Waals surface area contributed by atoms with Crippen LogP contribution in [0.5, 0.6) is 0 Å². The third-order valence-electron chi connectivity index (χ3n) is 11.9. The molecular formula is C55H37N3S. The van der Waals surface area contributed by atoms with Crippen molar-refractivity contribution in [2.24, 2.45) is 0 Å². The van der Waals surface area contributed by atoms with Crippen LogP contribution in [0.2, 0.25) is 0 Å². The van der Waals surface area contributed by atoms with Crippen LogP contribution in [0.1, 0.15) is 17.7 Å². The topological polar surface area (TPSA) is 13.1 Å². The first-order valence-corrected chi connectivity index (χ1v) is 21.1. The molecule has 1 aliphatic rings. The summed E-state index contributed by atoms with van der Waals surface area (Å²) in [6, 6.07) is 68.7. The SMILES string of the molecule is C1=Cc2c(n(-c3cccc(N(c4ccccc4)c4ccc5sc6ccccc6c5c4)c3)c3ccc(-c4cccc5c4c4ccccc4n5-c4ccccc4)cc23)C=CC1. The molecule has 59 heavy (non-hydrogen) atoms. The Balaban J connectivity index is 1.04. The van der Waals surface area contributed by atoms with Gasteiger partial charge in [-0.05, 0) is 115 Å². The van der Waals surface area contributed by atoms with E-state index in [1.807, 2.05) is 11.3 Å². The molecule has 0 radical (unpaired) electrons. The molecule has 11 aromatic rings. The maximum Gasteiger partial charge on any atom is 0.0547 e. The summed E-state index contributed by atoms with van der Waals surface area (Å²) in [7, 11) is 0. The Morgan fingerprint density at radius 2 is 1.10 bits per heavy atom. The van der Waals surface area contributed by atoms with Crippen molar-refractivity contribution in [3.63, 3.8) is 0 Å². The van der Waals surface area contributed by atoms with Crippen molar-refractivity contribution >= 4 is 93.4 Å². The number of thiophene rings is 1. The number of nitrogens with zero attached hydrogens (tertiary/aromatic N) is 3. The van der Waals surface area contributed by atoms with Gasteiger partial charge in [0.1, 0.15) is 0 Å². The van der Waals surface area contributed by atoms with Crippen LogP contribution in [0.4, 0.5) is 17.1 Å². The first kappa shape index (κ1) is 33.7. The third-order valence-corrected chi connectivity index (χ3v) is 13.0. The van der Waals surface area contributed by atoms with E-state index in [1.165, 1.54) is 81.0 Å². The van der Waals surface area contributed by atoms with Gasteiger partial charge in [0, 0.05) is 70.3 Å². The van der Waals surface area contributed by atoms with Crippen molar-refractivity contribution in [2.45, 2.75) is 6.42 Å². The van der Waals surface area contributed by atoms with Crippen LogP contribution >= 0.6 is 11.3 Å². The Labute approximate surface area is 346 Å². The summed E-state index contributed by atoms with van der Waals surface area (Å²) in [5, 5.41) is 6.36. The van der Waals surface area contributed by atoms with E-state index in [0.717, 1.165) is 29.2 Å². The van der Waals surface area contributed by atoms with E-state index >= 15 is 0 Å². The smallest absolute Gasteiger partial charge is 0.0547 e. The summed E-state index contributed by atoms with van der Waals surface area (Å²) in [6.45, 7) is 0. The maximum atomic E-state index is 2.45. The number of para-hydroxylation sites is 3. The van der Waals surface area contributed by atoms with Gasteiger partial charge in [-0.25, -0.2) is 0 Å². The summed E-state index contributed by atoms with van der Waals surface area (Å²) in [5.41, 5.74) is 14.1. The van der Waals surface area contributed by atoms with Crippen LogP contribution in [0.25, 0.3) is 87.5 Å². The molecule has 0 aliphatic heterocycles. The number of hydrogen-bond acceptors (Lipinski definition) is 2. The molecule has 0 spiro atoms. The van der Waals surface area contributed by atoms with E-state index in [0.29, 0.717) is 0 Å². The zero-order valence-electron chi connectivity index (χ0n) is 32.2. The van der Waals surface area contributed by atoms with Gasteiger partial charge in [0.2, 0.25) is 0 Å². The van der Waals surface area contributed by atoms with Crippen molar-refractivity contribution in [3.8, 4) is 22.5 Å². The van der Waals surface area contributed by atoms with E-state index in [2.05, 4.69) is 226 Å². The Morgan fingerprint density at radius 1 is 0.424 bits per heavy atom. The number of hydrogen-bond donors (Lipinski definition) is 0. The van der Waals surface area contributed by atoms with E-state index < -0.39 is 0 Å². The van der Waals surface area contributed by atoms with E-state index in [4.69, 9.17) is 0 Å². The average Bonchev–Trinajstić information content (AvgIpc) is 3.87. The van der Waals surface area contributed by atoms with Crippen LogP contribution in [0.3, 0.4) is 0 Å². The lowest BCUT2D eigenvalue weighted by Crippen LogP contribution is -2.10. The molecule has 0 N–H and O–H groups in total. The second-order valence-corrected chi connectivity index (χ2v) is 16.3. The minimum absolute atomic E-state index is 0.899. The Kier molecular flexibility index (Phi) is 7.78. The third kappa shape index (κ3) is 5.41. The second-order valence-electron chi connectivity index (χ2n) is 15.3. The predicted octanol–water partition coefficient (Wildman–Crippen LogP) is 15.7. The van der Waals surface area contributed by atoms with E-state index in [-0.39, 0.29) is 0 Å². The zero-order valence-corrected chi connectivity index (χ0v) is 33.0. The molecule has 0 saturated heterocycles. The van der Waals surface area contributed by atoms with Crippen LogP contribution in [-0.2, 0) is 0 Å². The van der Waals surface area contributed by atoms with Crippen molar-refractivity contribution in [1.82, 2.24) is 9.13 Å². The molecule has 8 aromatic carbocycles. The normalized spacial score (nSPS) is 12.5. The fourth-order valence-corrected chi connectivity index (χ4v) is 10.4. The summed E-state index contributed by atoms with van der Waals surface area (Å²) < 4.78 is 7.46. The van der Waals surface area contributed by atoms with Crippen molar-refractivity contribution in [3.05, 3.63) is 211 Å². The number of anilines is 3. The van der Waals surface area contributed by atoms with Crippen LogP contribution in [0, 0.1) is 0 Å². The van der Waals surface area contributed by atoms with Gasteiger partial charge in [-0.3, -0.25) is 0 Å². The van der Waals surface area contributed by atoms with E-state index in [9.17, 15) is 0 Å². The molecule has 3 heterocycles. The molecule has 1 aliphatic carbocycles. The Hall–Kier alpha value is -7.40. The molecule has 12 rings (SSSR count). The van der Waals surface area contributed by atoms with E-state index in [1.54, 1.807) is 0 Å². The molecule has 0 unspecified atom stereocenters. The monoisotopic (exact) mass is 771 g/mol. The lowest BCUT2D eigenvalue weighted by molar-refractivity contribution is 1.10. The molecule has 278 valence electrons. The highest BCUT2D eigenvalue weighted by atomic mass is 32.1. The summed E-state index contributed by atoms with van der Waals surface area (Å²) in [5.74, 6) is 0. The van der Waals surface area contributed by atoms with Crippen LogP contribution < -0.4 is 4.90 Å². The fraction of sp³-hybridized carbons (Fsp3) is 0.0182. The molecule has 3 nitrogen and oxygen atoms in total. The van der Waals surface area contributed by atoms with Gasteiger partial charge >= 0.3 is 0 Å². The molecule has 4 heteroatoms. The van der Waals surface area contributed by atoms with Crippen molar-refractivity contribution in [2.75, 3.05) is 4.90 Å². The quantitative estimate of drug-likeness (QED) is 0.164. The van der Waals surface area contributed by atoms with Gasteiger partial charge in [-0.2, -0.15) is 0 Å². The van der Waals surface area contributed by atoms with Crippen molar-refractivity contribution in [1.29, 1.82) is 0 Å². The molecule has 3 aromatic heterocycles. The summed E-state index contributed by atoms with van der Waals surface area (Å²) in [6.07, 6.45) is 10.1. The van der Waals surface area contributed by atoms with Gasteiger partial charge < -0.3 is 14.0 Å². The van der Waals surface area contributed by atoms with Gasteiger partial charge in [0.05, 0.1) is 22.2 Å². The minimum Gasteiger partial charge on any atom is -0.310 e. The molecule has 0 atom stereocenters. The fourth-order valence-electron chi connectivity index (χ4n) is 9.33. The molecule has 0 fully saturated rings. The Bertz CT molecular complexity index is 3470. The lowest BCUT2D eigenvalue weighted by atomic mass is 9.97. The highest BCUT2D eigenvalue weighted by Gasteiger charge is 2.21. The largest absolute Gasteiger partial charge is 0.310 e. The lowest BCUT2D eigenvalue weighted by Gasteiger charge is -2.26. The molecular weight excluding hydrogens is 735 g/mol. The first-order chi connectivity index (χ1) is 29.3. The second kappa shape index (κ2) is 13.6. The highest BCUT2D eigenvalue weighted by Crippen LogP contribution is 2.44. The van der Waals surface area contributed by atoms with Gasteiger partial charge in [0.25, 0.3) is 0 Å². The average molecular weight is 772 g/mol. The predicted molar refractivity (Wildman–Crippen MR) is 253 cm³/mol. The van der Waals surface area contributed by atoms with Crippen molar-refractivity contribution < 1.29 is 0 Å². The zero-order chi connectivity index (χ0) is 38.9. The van der Waals surface area contributed by atoms with Gasteiger partial charge in [-0.15, -0.1) is 11.3 Å². The number of aromatic nitrogens is 2. The van der Waals surface area contributed by atoms with Crippen LogP contribution in [-0.4, -0.2) is 9.13 Å². The maximum absolute atomic E-state index is 2.45. The molecule has 0 saturated carbocycles. The van der Waals surface area contributed by atoms with Gasteiger partial charge in [0.15, 0.2) is 0 Å². The number of allylic oxidation sites excluding steroid dienone is 2. The van der Waals surface area contributed by atoms with Crippen LogP contribution in [0.15, 0.2) is 200 Å². The Morgan fingerprint density at radius 3 is 2.00 bits per heavy atom.